The lowest BCUT2D eigenvalue weighted by Crippen LogP contribution is -2.50. The second-order valence-corrected chi connectivity index (χ2v) is 10.0. The fourth-order valence-electron chi connectivity index (χ4n) is 3.51. The van der Waals surface area contributed by atoms with E-state index in [1.54, 1.807) is 41.5 Å². The van der Waals surface area contributed by atoms with Crippen LogP contribution >= 0.6 is 0 Å². The van der Waals surface area contributed by atoms with Crippen molar-refractivity contribution in [2.24, 2.45) is 4.99 Å². The van der Waals surface area contributed by atoms with E-state index in [2.05, 4.69) is 10.9 Å². The highest BCUT2D eigenvalue weighted by Gasteiger charge is 2.46. The number of carbonyl (C=O) groups is 4. The summed E-state index contributed by atoms with van der Waals surface area (Å²) in [6.45, 7) is 10.1. The molecule has 1 aliphatic carbocycles. The number of rotatable bonds is 5. The van der Waals surface area contributed by atoms with E-state index >= 15 is 0 Å². The van der Waals surface area contributed by atoms with E-state index in [0.29, 0.717) is 0 Å². The molecule has 0 bridgehead atoms. The van der Waals surface area contributed by atoms with Crippen LogP contribution in [0.4, 0.5) is 0 Å². The molecule has 0 aromatic carbocycles. The minimum atomic E-state index is -1.58. The highest BCUT2D eigenvalue weighted by atomic mass is 16.6. The topological polar surface area (TPSA) is 102 Å². The third-order valence-electron chi connectivity index (χ3n) is 4.81. The first-order chi connectivity index (χ1) is 14.3. The molecule has 2 rings (SSSR count). The standard InChI is InChI=1S/C23H34N2O6/c1-22(2,3)30-20(28)16(14-24-15-10-8-7-9-11-15)19(21(29)31-23(4,5)6)25-17(26)12-13-18(25)27/h15,19H,7-13H2,1-6H3. The van der Waals surface area contributed by atoms with Crippen molar-refractivity contribution in [1.82, 2.24) is 4.90 Å². The molecule has 31 heavy (non-hydrogen) atoms. The van der Waals surface area contributed by atoms with Crippen molar-refractivity contribution in [3.63, 3.8) is 0 Å². The fourth-order valence-corrected chi connectivity index (χ4v) is 3.51. The van der Waals surface area contributed by atoms with Crippen LogP contribution in [0, 0.1) is 0 Å². The monoisotopic (exact) mass is 434 g/mol. The minimum absolute atomic E-state index is 0.0283. The zero-order chi connectivity index (χ0) is 23.4. The highest BCUT2D eigenvalue weighted by Crippen LogP contribution is 2.25. The predicted octanol–water partition coefficient (Wildman–Crippen LogP) is 3.12. The van der Waals surface area contributed by atoms with Crippen LogP contribution in [0.15, 0.2) is 10.6 Å². The Hall–Kier alpha value is -2.47. The molecule has 172 valence electrons. The van der Waals surface area contributed by atoms with Crippen molar-refractivity contribution in [2.45, 2.75) is 110 Å². The van der Waals surface area contributed by atoms with E-state index < -0.39 is 41.0 Å². The summed E-state index contributed by atoms with van der Waals surface area (Å²) in [5.74, 6) is -0.101. The van der Waals surface area contributed by atoms with Crippen LogP contribution in [-0.2, 0) is 28.7 Å². The number of nitrogens with zero attached hydrogens (tertiary/aromatic N) is 2. The summed E-state index contributed by atoms with van der Waals surface area (Å²) in [6.07, 6.45) is 4.83. The third-order valence-corrected chi connectivity index (χ3v) is 4.81. The summed E-state index contributed by atoms with van der Waals surface area (Å²) in [5.41, 5.74) is -2.02. The van der Waals surface area contributed by atoms with Crippen LogP contribution in [0.3, 0.4) is 0 Å². The molecule has 1 saturated carbocycles. The number of amides is 2. The lowest BCUT2D eigenvalue weighted by atomic mass is 9.96. The quantitative estimate of drug-likeness (QED) is 0.285. The molecule has 0 aromatic heterocycles. The first-order valence-electron chi connectivity index (χ1n) is 10.9. The maximum atomic E-state index is 13.1. The first kappa shape index (κ1) is 24.8. The first-order valence-corrected chi connectivity index (χ1v) is 10.9. The largest absolute Gasteiger partial charge is 0.458 e. The summed E-state index contributed by atoms with van der Waals surface area (Å²) >= 11 is 0. The van der Waals surface area contributed by atoms with Gasteiger partial charge in [-0.15, -0.1) is 0 Å². The number of carbonyl (C=O) groups excluding carboxylic acids is 4. The number of esters is 2. The van der Waals surface area contributed by atoms with Gasteiger partial charge in [-0.25, -0.2) is 14.6 Å². The van der Waals surface area contributed by atoms with E-state index in [0.717, 1.165) is 37.0 Å². The molecule has 2 amide bonds. The lowest BCUT2D eigenvalue weighted by molar-refractivity contribution is -0.167. The average molecular weight is 435 g/mol. The second-order valence-electron chi connectivity index (χ2n) is 10.0. The summed E-state index contributed by atoms with van der Waals surface area (Å²) in [6, 6.07) is -1.61. The Morgan fingerprint density at radius 2 is 1.45 bits per heavy atom. The summed E-state index contributed by atoms with van der Waals surface area (Å²) < 4.78 is 10.9. The molecule has 0 N–H and O–H groups in total. The van der Waals surface area contributed by atoms with Crippen LogP contribution in [0.25, 0.3) is 0 Å². The molecular weight excluding hydrogens is 400 g/mol. The number of likely N-dealkylation sites (tertiary alicyclic amines) is 1. The molecule has 8 nitrogen and oxygen atoms in total. The van der Waals surface area contributed by atoms with Gasteiger partial charge in [-0.05, 0) is 60.3 Å². The Balaban J connectivity index is 2.56. The number of hydrogen-bond acceptors (Lipinski definition) is 7. The number of imide groups is 1. The van der Waals surface area contributed by atoms with Crippen LogP contribution in [0.1, 0.15) is 86.5 Å². The smallest absolute Gasteiger partial charge is 0.346 e. The van der Waals surface area contributed by atoms with E-state index in [1.165, 1.54) is 0 Å². The molecule has 0 spiro atoms. The van der Waals surface area contributed by atoms with Gasteiger partial charge in [-0.2, -0.15) is 0 Å². The van der Waals surface area contributed by atoms with Crippen LogP contribution < -0.4 is 0 Å². The molecule has 1 heterocycles. The normalized spacial score (nSPS) is 19.0. The van der Waals surface area contributed by atoms with Gasteiger partial charge in [0.1, 0.15) is 16.8 Å². The molecule has 2 aliphatic rings. The van der Waals surface area contributed by atoms with Crippen molar-refractivity contribution in [1.29, 1.82) is 0 Å². The van der Waals surface area contributed by atoms with Crippen molar-refractivity contribution in [2.75, 3.05) is 0 Å². The number of aliphatic imine (C=N–C) groups is 1. The second kappa shape index (κ2) is 9.77. The summed E-state index contributed by atoms with van der Waals surface area (Å²) in [4.78, 5) is 56.4. The van der Waals surface area contributed by atoms with E-state index in [-0.39, 0.29) is 24.5 Å². The van der Waals surface area contributed by atoms with Crippen molar-refractivity contribution in [3.05, 3.63) is 5.57 Å². The lowest BCUT2D eigenvalue weighted by Gasteiger charge is -2.29. The van der Waals surface area contributed by atoms with Gasteiger partial charge in [0.25, 0.3) is 0 Å². The van der Waals surface area contributed by atoms with Gasteiger partial charge in [0, 0.05) is 12.8 Å². The van der Waals surface area contributed by atoms with Crippen molar-refractivity contribution < 1.29 is 28.7 Å². The minimum Gasteiger partial charge on any atom is -0.458 e. The van der Waals surface area contributed by atoms with Gasteiger partial charge >= 0.3 is 11.9 Å². The predicted molar refractivity (Wildman–Crippen MR) is 114 cm³/mol. The molecule has 1 atom stereocenters. The number of hydrogen-bond donors (Lipinski definition) is 0. The summed E-state index contributed by atoms with van der Waals surface area (Å²) in [7, 11) is 0. The van der Waals surface area contributed by atoms with Crippen molar-refractivity contribution in [3.8, 4) is 0 Å². The third kappa shape index (κ3) is 7.31. The van der Waals surface area contributed by atoms with Gasteiger partial charge in [0.05, 0.1) is 6.04 Å². The van der Waals surface area contributed by atoms with Crippen LogP contribution in [0.2, 0.25) is 0 Å². The van der Waals surface area contributed by atoms with Gasteiger partial charge in [0.2, 0.25) is 11.8 Å². The molecular formula is C23H34N2O6. The molecule has 1 aliphatic heterocycles. The molecule has 1 unspecified atom stereocenters. The maximum absolute atomic E-state index is 13.1. The Bertz CT molecular complexity index is 774. The SMILES string of the molecule is CC(C)(C)OC(=O)C(=C=NC1CCCCC1)C(C(=O)OC(C)(C)C)N1C(=O)CCC1=O. The van der Waals surface area contributed by atoms with E-state index in [4.69, 9.17) is 9.47 Å². The summed E-state index contributed by atoms with van der Waals surface area (Å²) in [5, 5.41) is 0. The molecule has 0 radical (unpaired) electrons. The van der Waals surface area contributed by atoms with Gasteiger partial charge < -0.3 is 9.47 Å². The fraction of sp³-hybridized carbons (Fsp3) is 0.739. The molecule has 1 saturated heterocycles. The highest BCUT2D eigenvalue weighted by molar-refractivity contribution is 6.12. The molecule has 0 aromatic rings. The zero-order valence-electron chi connectivity index (χ0n) is 19.4. The van der Waals surface area contributed by atoms with Gasteiger partial charge in [0.15, 0.2) is 6.04 Å². The Morgan fingerprint density at radius 1 is 0.935 bits per heavy atom. The van der Waals surface area contributed by atoms with E-state index in [9.17, 15) is 19.2 Å². The Kier molecular flexibility index (Phi) is 7.82. The van der Waals surface area contributed by atoms with Gasteiger partial charge in [-0.1, -0.05) is 19.3 Å². The van der Waals surface area contributed by atoms with Gasteiger partial charge in [-0.3, -0.25) is 14.5 Å². The molecule has 2 fully saturated rings. The van der Waals surface area contributed by atoms with Crippen LogP contribution in [0.5, 0.6) is 0 Å². The zero-order valence-corrected chi connectivity index (χ0v) is 19.4. The Labute approximate surface area is 184 Å². The molecule has 8 heteroatoms. The van der Waals surface area contributed by atoms with E-state index in [1.807, 2.05) is 0 Å². The Morgan fingerprint density at radius 3 is 1.94 bits per heavy atom. The average Bonchev–Trinajstić information content (AvgIpc) is 2.95. The van der Waals surface area contributed by atoms with Crippen LogP contribution in [-0.4, -0.2) is 57.8 Å². The van der Waals surface area contributed by atoms with Crippen molar-refractivity contribution >= 4 is 29.6 Å². The maximum Gasteiger partial charge on any atom is 0.346 e. The number of ether oxygens (including phenoxy) is 2.